The molecule has 1 aromatic heterocycles. The molecule has 0 fully saturated rings. The van der Waals surface area contributed by atoms with Crippen molar-refractivity contribution in [2.24, 2.45) is 11.8 Å². The van der Waals surface area contributed by atoms with Crippen molar-refractivity contribution in [3.63, 3.8) is 0 Å². The molecule has 0 amide bonds. The predicted octanol–water partition coefficient (Wildman–Crippen LogP) is 8.84. The van der Waals surface area contributed by atoms with Crippen LogP contribution in [-0.4, -0.2) is 23.9 Å². The first-order valence-corrected chi connectivity index (χ1v) is 17.2. The Labute approximate surface area is 255 Å². The Bertz CT molecular complexity index is 1460. The fraction of sp³-hybridized carbons (Fsp3) is 0.314. The summed E-state index contributed by atoms with van der Waals surface area (Å²) >= 11 is 0. The number of hydrogen-bond donors (Lipinski definition) is 1. The molecule has 3 aromatic carbocycles. The van der Waals surface area contributed by atoms with Gasteiger partial charge in [0.05, 0.1) is 19.3 Å². The smallest absolute Gasteiger partial charge is 0.161 e. The number of allylic oxidation sites excluding steroid dienone is 2. The Morgan fingerprint density at radius 2 is 1.55 bits per heavy atom. The third kappa shape index (κ3) is 8.57. The molecule has 40 heavy (non-hydrogen) atoms. The van der Waals surface area contributed by atoms with Crippen molar-refractivity contribution in [1.82, 2.24) is 4.98 Å². The molecule has 0 bridgehead atoms. The van der Waals surface area contributed by atoms with Crippen LogP contribution in [0, 0.1) is 31.7 Å². The normalized spacial score (nSPS) is 11.7. The fourth-order valence-corrected chi connectivity index (χ4v) is 6.00. The van der Waals surface area contributed by atoms with Crippen molar-refractivity contribution in [1.29, 1.82) is 0 Å². The number of carbonyl (C=O) groups is 1. The topological polar surface area (TPSA) is 50.2 Å². The summed E-state index contributed by atoms with van der Waals surface area (Å²) in [6.07, 6.45) is 1.31. The van der Waals surface area contributed by atoms with Gasteiger partial charge in [-0.25, -0.2) is 0 Å². The molecule has 4 aromatic rings. The Kier molecular flexibility index (Phi) is 11.8. The minimum Gasteiger partial charge on any atom is -0.512 e. The van der Waals surface area contributed by atoms with Crippen molar-refractivity contribution >= 4 is 29.9 Å². The zero-order valence-corrected chi connectivity index (χ0v) is 28.6. The number of benzene rings is 3. The van der Waals surface area contributed by atoms with Crippen molar-refractivity contribution < 1.29 is 30.0 Å². The number of aliphatic hydroxyl groups is 1. The van der Waals surface area contributed by atoms with Gasteiger partial charge >= 0.3 is 0 Å². The SMILES string of the molecule is CC(C)C(=O)/C=C(\O)C(C)C.Cc1[c-]c(-c2nc3cccc([Si](C)(C)C)c3cc2-c2ccccc2)cc(C)c1.[Ir]. The van der Waals surface area contributed by atoms with Crippen LogP contribution >= 0.6 is 0 Å². The van der Waals surface area contributed by atoms with E-state index in [-0.39, 0.29) is 43.5 Å². The number of rotatable bonds is 6. The number of pyridine rings is 1. The molecule has 0 aliphatic carbocycles. The second-order valence-electron chi connectivity index (χ2n) is 11.9. The Hall–Kier alpha value is -2.85. The number of aromatic nitrogens is 1. The van der Waals surface area contributed by atoms with Crippen LogP contribution in [0.4, 0.5) is 0 Å². The van der Waals surface area contributed by atoms with Gasteiger partial charge in [-0.1, -0.05) is 115 Å². The molecular formula is C35H42IrNO2Si-. The maximum Gasteiger partial charge on any atom is 0.161 e. The van der Waals surface area contributed by atoms with Crippen LogP contribution in [0.3, 0.4) is 0 Å². The molecule has 1 radical (unpaired) electrons. The second-order valence-corrected chi connectivity index (χ2v) is 16.9. The molecule has 0 saturated carbocycles. The van der Waals surface area contributed by atoms with Gasteiger partial charge in [0.25, 0.3) is 0 Å². The summed E-state index contributed by atoms with van der Waals surface area (Å²) in [5.41, 5.74) is 7.91. The molecule has 0 atom stereocenters. The van der Waals surface area contributed by atoms with Crippen molar-refractivity contribution in [2.45, 2.75) is 61.2 Å². The van der Waals surface area contributed by atoms with E-state index >= 15 is 0 Å². The minimum atomic E-state index is -1.48. The first kappa shape index (κ1) is 33.4. The Morgan fingerprint density at radius 1 is 0.900 bits per heavy atom. The summed E-state index contributed by atoms with van der Waals surface area (Å²) in [5.74, 6) is 0.161. The van der Waals surface area contributed by atoms with E-state index in [1.807, 2.05) is 27.7 Å². The number of aryl methyl sites for hydroxylation is 2. The number of aliphatic hydroxyl groups excluding tert-OH is 1. The summed E-state index contributed by atoms with van der Waals surface area (Å²) in [5, 5.41) is 11.9. The van der Waals surface area contributed by atoms with Gasteiger partial charge in [-0.2, -0.15) is 0 Å². The fourth-order valence-electron chi connectivity index (χ4n) is 4.39. The van der Waals surface area contributed by atoms with E-state index < -0.39 is 8.07 Å². The van der Waals surface area contributed by atoms with Gasteiger partial charge in [0, 0.05) is 38.0 Å². The Balaban J connectivity index is 0.000000400. The average molecular weight is 729 g/mol. The molecule has 213 valence electrons. The first-order valence-electron chi connectivity index (χ1n) is 13.7. The standard InChI is InChI=1S/C26H26NSi.C9H16O2.Ir/c1-18-14-19(2)16-21(15-18)26-22(20-10-7-6-8-11-20)17-23-24(27-26)12-9-13-25(23)28(3,4)5;1-6(2)8(10)5-9(11)7(3)4;/h6-15,17H,1-5H3;5-7,10H,1-4H3;/q-1;;/b;8-5-;. The molecule has 0 saturated heterocycles. The number of hydrogen-bond acceptors (Lipinski definition) is 3. The predicted molar refractivity (Wildman–Crippen MR) is 169 cm³/mol. The van der Waals surface area contributed by atoms with Crippen LogP contribution in [0.5, 0.6) is 0 Å². The zero-order valence-electron chi connectivity index (χ0n) is 25.2. The molecule has 0 aliphatic heterocycles. The molecule has 5 heteroatoms. The van der Waals surface area contributed by atoms with E-state index in [1.54, 1.807) is 0 Å². The molecule has 1 N–H and O–H groups in total. The molecule has 3 nitrogen and oxygen atoms in total. The number of carbonyl (C=O) groups excluding carboxylic acids is 1. The summed E-state index contributed by atoms with van der Waals surface area (Å²) < 4.78 is 0. The van der Waals surface area contributed by atoms with E-state index in [9.17, 15) is 9.90 Å². The molecule has 0 aliphatic rings. The van der Waals surface area contributed by atoms with Gasteiger partial charge in [0.2, 0.25) is 0 Å². The van der Waals surface area contributed by atoms with Crippen LogP contribution in [0.15, 0.2) is 78.6 Å². The Morgan fingerprint density at radius 3 is 2.10 bits per heavy atom. The van der Waals surface area contributed by atoms with Crippen molar-refractivity contribution in [3.8, 4) is 22.4 Å². The van der Waals surface area contributed by atoms with E-state index in [0.717, 1.165) is 22.3 Å². The van der Waals surface area contributed by atoms with Gasteiger partial charge in [-0.3, -0.25) is 9.78 Å². The molecular weight excluding hydrogens is 687 g/mol. The summed E-state index contributed by atoms with van der Waals surface area (Å²) in [6.45, 7) is 18.7. The van der Waals surface area contributed by atoms with Crippen LogP contribution in [0.2, 0.25) is 19.6 Å². The minimum absolute atomic E-state index is 0. The number of nitrogens with zero attached hydrogens (tertiary/aromatic N) is 1. The third-order valence-electron chi connectivity index (χ3n) is 6.61. The maximum absolute atomic E-state index is 11.0. The van der Waals surface area contributed by atoms with Gasteiger partial charge in [-0.15, -0.1) is 34.9 Å². The van der Waals surface area contributed by atoms with E-state index in [1.165, 1.54) is 33.3 Å². The maximum atomic E-state index is 11.0. The average Bonchev–Trinajstić information content (AvgIpc) is 2.87. The van der Waals surface area contributed by atoms with Gasteiger partial charge in [0.1, 0.15) is 0 Å². The molecule has 1 heterocycles. The van der Waals surface area contributed by atoms with Crippen molar-refractivity contribution in [3.05, 3.63) is 95.8 Å². The van der Waals surface area contributed by atoms with E-state index in [0.29, 0.717) is 0 Å². The number of fused-ring (bicyclic) bond motifs is 1. The molecule has 0 spiro atoms. The molecule has 4 rings (SSSR count). The van der Waals surface area contributed by atoms with Crippen LogP contribution in [-0.2, 0) is 24.9 Å². The second kappa shape index (κ2) is 14.2. The monoisotopic (exact) mass is 729 g/mol. The zero-order chi connectivity index (χ0) is 28.9. The van der Waals surface area contributed by atoms with Gasteiger partial charge in [-0.05, 0) is 28.3 Å². The number of ketones is 1. The van der Waals surface area contributed by atoms with Crippen LogP contribution < -0.4 is 5.19 Å². The van der Waals surface area contributed by atoms with Gasteiger partial charge < -0.3 is 5.11 Å². The first-order chi connectivity index (χ1) is 18.3. The third-order valence-corrected chi connectivity index (χ3v) is 8.66. The molecule has 0 unspecified atom stereocenters. The van der Waals surface area contributed by atoms with Gasteiger partial charge in [0.15, 0.2) is 5.78 Å². The largest absolute Gasteiger partial charge is 0.512 e. The summed E-state index contributed by atoms with van der Waals surface area (Å²) in [6, 6.07) is 27.4. The van der Waals surface area contributed by atoms with Crippen LogP contribution in [0.1, 0.15) is 38.8 Å². The van der Waals surface area contributed by atoms with E-state index in [4.69, 9.17) is 4.98 Å². The van der Waals surface area contributed by atoms with Crippen molar-refractivity contribution in [2.75, 3.05) is 0 Å². The van der Waals surface area contributed by atoms with E-state index in [2.05, 4.69) is 106 Å². The summed E-state index contributed by atoms with van der Waals surface area (Å²) in [4.78, 5) is 16.2. The quantitative estimate of drug-likeness (QED) is 0.0935. The van der Waals surface area contributed by atoms with Crippen LogP contribution in [0.25, 0.3) is 33.3 Å². The summed E-state index contributed by atoms with van der Waals surface area (Å²) in [7, 11) is -1.48.